The molecule has 0 N–H and O–H groups in total. The number of benzene rings is 2. The van der Waals surface area contributed by atoms with Gasteiger partial charge in [-0.05, 0) is 53.0 Å². The molecule has 1 atom stereocenters. The number of nitro groups is 1. The predicted molar refractivity (Wildman–Crippen MR) is 129 cm³/mol. The third kappa shape index (κ3) is 6.01. The lowest BCUT2D eigenvalue weighted by Crippen LogP contribution is -2.19. The minimum absolute atomic E-state index is 0.0431. The molecule has 1 aliphatic heterocycles. The number of fused-ring (bicyclic) bond motifs is 1. The largest absolute Gasteiger partial charge is 0.493 e. The maximum Gasteiger partial charge on any atom is 0.297 e. The van der Waals surface area contributed by atoms with Crippen LogP contribution in [0.4, 0.5) is 5.69 Å². The van der Waals surface area contributed by atoms with E-state index in [4.69, 9.17) is 18.4 Å². The van der Waals surface area contributed by atoms with Crippen LogP contribution in [-0.2, 0) is 24.5 Å². The number of hydrogen-bond donors (Lipinski definition) is 0. The minimum Gasteiger partial charge on any atom is -0.493 e. The molecule has 0 radical (unpaired) electrons. The first kappa shape index (κ1) is 26.3. The second kappa shape index (κ2) is 10.9. The van der Waals surface area contributed by atoms with Crippen molar-refractivity contribution < 1.29 is 31.7 Å². The van der Waals surface area contributed by atoms with Crippen molar-refractivity contribution in [3.63, 3.8) is 0 Å². The van der Waals surface area contributed by atoms with E-state index in [-0.39, 0.29) is 34.5 Å². The molecule has 2 aromatic carbocycles. The van der Waals surface area contributed by atoms with Crippen molar-refractivity contribution in [3.8, 4) is 11.5 Å². The summed E-state index contributed by atoms with van der Waals surface area (Å²) in [5.74, 6) is 2.29. The summed E-state index contributed by atoms with van der Waals surface area (Å²) in [6, 6.07) is 8.58. The smallest absolute Gasteiger partial charge is 0.297 e. The van der Waals surface area contributed by atoms with Crippen molar-refractivity contribution in [3.05, 3.63) is 57.6 Å². The van der Waals surface area contributed by atoms with Crippen LogP contribution < -0.4 is 9.47 Å². The van der Waals surface area contributed by atoms with Crippen molar-refractivity contribution in [2.24, 2.45) is 0 Å². The lowest BCUT2D eigenvalue weighted by atomic mass is 9.79. The molecule has 9 nitrogen and oxygen atoms in total. The van der Waals surface area contributed by atoms with Crippen LogP contribution in [0.3, 0.4) is 0 Å². The molecule has 1 heterocycles. The fourth-order valence-electron chi connectivity index (χ4n) is 3.76. The molecule has 0 bridgehead atoms. The number of non-ortho nitro benzene ring substituents is 1. The van der Waals surface area contributed by atoms with Gasteiger partial charge in [0.25, 0.3) is 15.8 Å². The van der Waals surface area contributed by atoms with Gasteiger partial charge in [0.05, 0.1) is 49.1 Å². The number of methoxy groups -OCH3 is 2. The summed E-state index contributed by atoms with van der Waals surface area (Å²) in [6.45, 7) is 4.71. The summed E-state index contributed by atoms with van der Waals surface area (Å²) in [5.41, 5.74) is 2.06. The van der Waals surface area contributed by atoms with Gasteiger partial charge in [0.15, 0.2) is 11.5 Å². The topological polar surface area (TPSA) is 114 Å². The standard InChI is InChI=1S/C23H29NO8S2/c1-23(2)9-12-33-22(18-13-20(29-3)21(30-4)14-19(18)23)15-31-10-11-32-34(27,28)17-7-5-16(6-8-17)24(25)26/h5-8,13-14,22H,9-12,15H2,1-4H3. The summed E-state index contributed by atoms with van der Waals surface area (Å²) < 4.78 is 46.5. The van der Waals surface area contributed by atoms with Crippen LogP contribution in [0.5, 0.6) is 11.5 Å². The number of ether oxygens (including phenoxy) is 3. The number of rotatable bonds is 10. The zero-order valence-electron chi connectivity index (χ0n) is 19.6. The predicted octanol–water partition coefficient (Wildman–Crippen LogP) is 4.49. The highest BCUT2D eigenvalue weighted by Crippen LogP contribution is 2.47. The summed E-state index contributed by atoms with van der Waals surface area (Å²) in [4.78, 5) is 9.99. The van der Waals surface area contributed by atoms with E-state index in [1.54, 1.807) is 26.0 Å². The Bertz CT molecular complexity index is 1120. The highest BCUT2D eigenvalue weighted by atomic mass is 32.2. The lowest BCUT2D eigenvalue weighted by molar-refractivity contribution is -0.384. The van der Waals surface area contributed by atoms with Gasteiger partial charge >= 0.3 is 0 Å². The number of thioether (sulfide) groups is 1. The number of hydrogen-bond acceptors (Lipinski definition) is 9. The molecule has 0 amide bonds. The van der Waals surface area contributed by atoms with E-state index in [2.05, 4.69) is 13.8 Å². The molecule has 0 aliphatic carbocycles. The summed E-state index contributed by atoms with van der Waals surface area (Å²) >= 11 is 1.79. The van der Waals surface area contributed by atoms with Gasteiger partial charge in [0, 0.05) is 12.1 Å². The molecule has 3 rings (SSSR count). The van der Waals surface area contributed by atoms with Crippen LogP contribution in [0, 0.1) is 10.1 Å². The first-order chi connectivity index (χ1) is 16.1. The average molecular weight is 512 g/mol. The molecule has 1 unspecified atom stereocenters. The maximum absolute atomic E-state index is 12.3. The second-order valence-electron chi connectivity index (χ2n) is 8.39. The third-order valence-corrected chi connectivity index (χ3v) is 8.31. The molecule has 2 aromatic rings. The Kier molecular flexibility index (Phi) is 8.45. The molecular weight excluding hydrogens is 482 g/mol. The van der Waals surface area contributed by atoms with Gasteiger partial charge in [0.2, 0.25) is 0 Å². The van der Waals surface area contributed by atoms with Crippen molar-refractivity contribution >= 4 is 27.6 Å². The Morgan fingerprint density at radius 2 is 1.74 bits per heavy atom. The zero-order chi connectivity index (χ0) is 24.9. The van der Waals surface area contributed by atoms with Crippen LogP contribution in [-0.4, -0.2) is 53.1 Å². The van der Waals surface area contributed by atoms with E-state index in [1.165, 1.54) is 5.56 Å². The minimum atomic E-state index is -4.03. The van der Waals surface area contributed by atoms with Crippen molar-refractivity contribution in [2.45, 2.75) is 35.8 Å². The van der Waals surface area contributed by atoms with Crippen molar-refractivity contribution in [1.29, 1.82) is 0 Å². The van der Waals surface area contributed by atoms with Gasteiger partial charge in [0.1, 0.15) is 0 Å². The monoisotopic (exact) mass is 511 g/mol. The van der Waals surface area contributed by atoms with Crippen molar-refractivity contribution in [1.82, 2.24) is 0 Å². The van der Waals surface area contributed by atoms with E-state index in [0.717, 1.165) is 42.0 Å². The van der Waals surface area contributed by atoms with Crippen LogP contribution in [0.1, 0.15) is 36.6 Å². The zero-order valence-corrected chi connectivity index (χ0v) is 21.2. The first-order valence-electron chi connectivity index (χ1n) is 10.7. The Balaban J connectivity index is 1.63. The van der Waals surface area contributed by atoms with E-state index < -0.39 is 15.0 Å². The van der Waals surface area contributed by atoms with Crippen LogP contribution >= 0.6 is 11.8 Å². The van der Waals surface area contributed by atoms with Gasteiger partial charge in [-0.2, -0.15) is 20.2 Å². The number of nitrogens with zero attached hydrogens (tertiary/aromatic N) is 1. The SMILES string of the molecule is COc1cc2c(cc1OC)C(C)(C)CCSC2COCCOS(=O)(=O)c1ccc([N+](=O)[O-])cc1. The first-order valence-corrected chi connectivity index (χ1v) is 13.1. The van der Waals surface area contributed by atoms with Gasteiger partial charge in [-0.25, -0.2) is 0 Å². The molecular formula is C23H29NO8S2. The second-order valence-corrected chi connectivity index (χ2v) is 11.3. The number of nitro benzene ring substituents is 1. The average Bonchev–Trinajstić information content (AvgIpc) is 2.93. The quantitative estimate of drug-likeness (QED) is 0.197. The molecule has 0 saturated carbocycles. The Labute approximate surface area is 204 Å². The fraction of sp³-hybridized carbons (Fsp3) is 0.478. The molecule has 11 heteroatoms. The molecule has 0 saturated heterocycles. The highest BCUT2D eigenvalue weighted by Gasteiger charge is 2.32. The molecule has 34 heavy (non-hydrogen) atoms. The third-order valence-electron chi connectivity index (χ3n) is 5.75. The summed E-state index contributed by atoms with van der Waals surface area (Å²) in [6.07, 6.45) is 0.993. The van der Waals surface area contributed by atoms with Gasteiger partial charge < -0.3 is 14.2 Å². The lowest BCUT2D eigenvalue weighted by Gasteiger charge is -2.27. The van der Waals surface area contributed by atoms with E-state index in [9.17, 15) is 18.5 Å². The van der Waals surface area contributed by atoms with E-state index in [0.29, 0.717) is 18.1 Å². The van der Waals surface area contributed by atoms with Crippen molar-refractivity contribution in [2.75, 3.05) is 39.8 Å². The van der Waals surface area contributed by atoms with E-state index in [1.807, 2.05) is 12.1 Å². The Hall–Kier alpha value is -2.34. The fourth-order valence-corrected chi connectivity index (χ4v) is 6.13. The molecule has 1 aliphatic rings. The molecule has 0 aromatic heterocycles. The van der Waals surface area contributed by atoms with Gasteiger partial charge in [-0.15, -0.1) is 0 Å². The van der Waals surface area contributed by atoms with E-state index >= 15 is 0 Å². The van der Waals surface area contributed by atoms with Gasteiger partial charge in [-0.1, -0.05) is 13.8 Å². The highest BCUT2D eigenvalue weighted by molar-refractivity contribution is 7.99. The Morgan fingerprint density at radius 1 is 1.09 bits per heavy atom. The van der Waals surface area contributed by atoms with Crippen LogP contribution in [0.15, 0.2) is 41.3 Å². The Morgan fingerprint density at radius 3 is 2.35 bits per heavy atom. The molecule has 0 spiro atoms. The summed E-state index contributed by atoms with van der Waals surface area (Å²) in [7, 11) is -0.809. The molecule has 186 valence electrons. The van der Waals surface area contributed by atoms with Crippen LogP contribution in [0.25, 0.3) is 0 Å². The van der Waals surface area contributed by atoms with Gasteiger partial charge in [-0.3, -0.25) is 14.3 Å². The van der Waals surface area contributed by atoms with Crippen LogP contribution in [0.2, 0.25) is 0 Å². The summed E-state index contributed by atoms with van der Waals surface area (Å²) in [5, 5.41) is 10.8. The normalized spacial score (nSPS) is 17.5. The maximum atomic E-state index is 12.3. The molecule has 0 fully saturated rings.